The molecule has 3 aromatic carbocycles. The van der Waals surface area contributed by atoms with Gasteiger partial charge in [-0.15, -0.1) is 0 Å². The highest BCUT2D eigenvalue weighted by Gasteiger charge is 2.80. The molecule has 0 aliphatic carbocycles. The minimum atomic E-state index is -2.55. The Kier molecular flexibility index (Phi) is 5.42. The van der Waals surface area contributed by atoms with Crippen LogP contribution in [0.2, 0.25) is 0 Å². The first-order valence-corrected chi connectivity index (χ1v) is 11.0. The molecule has 2 unspecified atom stereocenters. The van der Waals surface area contributed by atoms with Gasteiger partial charge in [-0.3, -0.25) is 9.69 Å². The maximum atomic E-state index is 14.4. The lowest BCUT2D eigenvalue weighted by Gasteiger charge is -2.34. The summed E-state index contributed by atoms with van der Waals surface area (Å²) in [6, 6.07) is 22.9. The van der Waals surface area contributed by atoms with E-state index in [2.05, 4.69) is 0 Å². The van der Waals surface area contributed by atoms with Crippen molar-refractivity contribution in [1.82, 2.24) is 0 Å². The summed E-state index contributed by atoms with van der Waals surface area (Å²) in [7, 11) is 2.23. The van der Waals surface area contributed by atoms with Crippen LogP contribution in [-0.4, -0.2) is 37.7 Å². The van der Waals surface area contributed by atoms with E-state index in [1.165, 1.54) is 4.90 Å². The lowest BCUT2D eigenvalue weighted by Crippen LogP contribution is -2.64. The van der Waals surface area contributed by atoms with Gasteiger partial charge in [-0.1, -0.05) is 66.2 Å². The molecular weight excluding hydrogens is 450 g/mol. The smallest absolute Gasteiger partial charge is 0.354 e. The summed E-state index contributed by atoms with van der Waals surface area (Å²) in [5.41, 5.74) is -1.96. The van der Waals surface area contributed by atoms with Crippen molar-refractivity contribution in [3.8, 4) is 0 Å². The van der Waals surface area contributed by atoms with Gasteiger partial charge in [0.1, 0.15) is 0 Å². The average Bonchev–Trinajstić information content (AvgIpc) is 3.38. The van der Waals surface area contributed by atoms with Gasteiger partial charge in [0.05, 0.1) is 19.9 Å². The van der Waals surface area contributed by atoms with Crippen molar-refractivity contribution in [1.29, 1.82) is 0 Å². The normalized spacial score (nSPS) is 22.2. The predicted molar refractivity (Wildman–Crippen MR) is 125 cm³/mol. The summed E-state index contributed by atoms with van der Waals surface area (Å²) in [6.45, 7) is 1.92. The van der Waals surface area contributed by atoms with Crippen LogP contribution in [0.4, 0.5) is 11.4 Å². The molecule has 178 valence electrons. The number of ether oxygens (including phenoxy) is 4. The third kappa shape index (κ3) is 3.03. The van der Waals surface area contributed by atoms with Crippen molar-refractivity contribution in [2.45, 2.75) is 24.4 Å². The molecule has 8 heteroatoms. The molecule has 0 N–H and O–H groups in total. The van der Waals surface area contributed by atoms with Gasteiger partial charge in [0, 0.05) is 16.8 Å². The summed E-state index contributed by atoms with van der Waals surface area (Å²) in [6.07, 6.45) is -1.23. The average molecular weight is 473 g/mol. The zero-order valence-electron chi connectivity index (χ0n) is 19.4. The van der Waals surface area contributed by atoms with E-state index in [1.807, 2.05) is 25.1 Å². The zero-order chi connectivity index (χ0) is 24.8. The molecule has 3 aromatic rings. The van der Waals surface area contributed by atoms with Gasteiger partial charge < -0.3 is 18.9 Å². The Morgan fingerprint density at radius 3 is 2.06 bits per heavy atom. The lowest BCUT2D eigenvalue weighted by molar-refractivity contribution is -0.193. The van der Waals surface area contributed by atoms with Gasteiger partial charge in [-0.2, -0.15) is 0 Å². The number of nitrogens with zero attached hydrogens (tertiary/aromatic N) is 1. The number of fused-ring (bicyclic) bond motifs is 2. The number of hydrogen-bond acceptors (Lipinski definition) is 7. The summed E-state index contributed by atoms with van der Waals surface area (Å²) in [5, 5.41) is 0. The quantitative estimate of drug-likeness (QED) is 0.422. The Morgan fingerprint density at radius 1 is 0.829 bits per heavy atom. The number of aryl methyl sites for hydroxylation is 1. The number of rotatable bonds is 4. The maximum Gasteiger partial charge on any atom is 0.354 e. The minimum absolute atomic E-state index is 0.291. The molecule has 35 heavy (non-hydrogen) atoms. The topological polar surface area (TPSA) is 91.4 Å². The van der Waals surface area contributed by atoms with E-state index in [0.717, 1.165) is 19.8 Å². The highest BCUT2D eigenvalue weighted by molar-refractivity contribution is 6.21. The first-order chi connectivity index (χ1) is 16.9. The van der Waals surface area contributed by atoms with Crippen LogP contribution < -0.4 is 4.90 Å². The van der Waals surface area contributed by atoms with Crippen molar-refractivity contribution in [3.05, 3.63) is 95.6 Å². The van der Waals surface area contributed by atoms with E-state index >= 15 is 0 Å². The number of hydrogen-bond donors (Lipinski definition) is 0. The molecule has 2 aliphatic rings. The highest BCUT2D eigenvalue weighted by atomic mass is 16.8. The number of para-hydroxylation sites is 2. The van der Waals surface area contributed by atoms with E-state index in [9.17, 15) is 14.4 Å². The predicted octanol–water partition coefficient (Wildman–Crippen LogP) is 3.70. The Morgan fingerprint density at radius 2 is 1.43 bits per heavy atom. The first-order valence-electron chi connectivity index (χ1n) is 11.0. The SMILES string of the molecule is COC(=O)C1(C(=O)OC)OC(c2ccc(C)cc2)OC12C(=O)N(c1ccccc1)c1ccccc12. The number of esters is 2. The molecular formula is C27H23NO7. The van der Waals surface area contributed by atoms with Crippen LogP contribution >= 0.6 is 0 Å². The largest absolute Gasteiger partial charge is 0.466 e. The van der Waals surface area contributed by atoms with Crippen molar-refractivity contribution in [2.75, 3.05) is 19.1 Å². The summed E-state index contributed by atoms with van der Waals surface area (Å²) < 4.78 is 22.6. The van der Waals surface area contributed by atoms with Gasteiger partial charge in [-0.05, 0) is 25.1 Å². The van der Waals surface area contributed by atoms with E-state index in [0.29, 0.717) is 22.5 Å². The molecule has 1 fully saturated rings. The molecule has 1 saturated heterocycles. The van der Waals surface area contributed by atoms with E-state index in [4.69, 9.17) is 18.9 Å². The fourth-order valence-corrected chi connectivity index (χ4v) is 4.76. The first kappa shape index (κ1) is 22.8. The number of carbonyl (C=O) groups is 3. The van der Waals surface area contributed by atoms with Gasteiger partial charge in [0.15, 0.2) is 6.29 Å². The minimum Gasteiger partial charge on any atom is -0.466 e. The molecule has 1 amide bonds. The number of methoxy groups -OCH3 is 2. The van der Waals surface area contributed by atoms with Crippen LogP contribution in [0.3, 0.4) is 0 Å². The third-order valence-electron chi connectivity index (χ3n) is 6.40. The molecule has 2 heterocycles. The van der Waals surface area contributed by atoms with Crippen molar-refractivity contribution >= 4 is 29.2 Å². The fraction of sp³-hybridized carbons (Fsp3) is 0.222. The molecule has 8 nitrogen and oxygen atoms in total. The fourth-order valence-electron chi connectivity index (χ4n) is 4.76. The molecule has 5 rings (SSSR count). The second kappa shape index (κ2) is 8.33. The van der Waals surface area contributed by atoms with Crippen molar-refractivity contribution in [2.24, 2.45) is 0 Å². The van der Waals surface area contributed by atoms with E-state index < -0.39 is 35.3 Å². The van der Waals surface area contributed by atoms with Crippen molar-refractivity contribution < 1.29 is 33.3 Å². The molecule has 2 atom stereocenters. The lowest BCUT2D eigenvalue weighted by atomic mass is 9.78. The molecule has 0 aromatic heterocycles. The van der Waals surface area contributed by atoms with Gasteiger partial charge in [0.2, 0.25) is 5.60 Å². The Balaban J connectivity index is 1.80. The van der Waals surface area contributed by atoms with Gasteiger partial charge in [0.25, 0.3) is 5.91 Å². The number of benzene rings is 3. The zero-order valence-corrected chi connectivity index (χ0v) is 19.4. The monoisotopic (exact) mass is 473 g/mol. The number of anilines is 2. The van der Waals surface area contributed by atoms with Crippen LogP contribution in [0.25, 0.3) is 0 Å². The highest BCUT2D eigenvalue weighted by Crippen LogP contribution is 2.60. The Hall–Kier alpha value is -4.01. The maximum absolute atomic E-state index is 14.4. The van der Waals surface area contributed by atoms with Crippen LogP contribution in [0.1, 0.15) is 23.0 Å². The number of amides is 1. The molecule has 0 radical (unpaired) electrons. The third-order valence-corrected chi connectivity index (χ3v) is 6.40. The summed E-state index contributed by atoms with van der Waals surface area (Å²) in [5.74, 6) is -2.87. The van der Waals surface area contributed by atoms with Crippen LogP contribution in [0, 0.1) is 6.92 Å². The van der Waals surface area contributed by atoms with E-state index in [-0.39, 0.29) is 0 Å². The van der Waals surface area contributed by atoms with Crippen LogP contribution in [-0.2, 0) is 38.9 Å². The van der Waals surface area contributed by atoms with E-state index in [1.54, 1.807) is 60.7 Å². The van der Waals surface area contributed by atoms with Crippen molar-refractivity contribution in [3.63, 3.8) is 0 Å². The molecule has 2 aliphatic heterocycles. The summed E-state index contributed by atoms with van der Waals surface area (Å²) in [4.78, 5) is 42.6. The number of carbonyl (C=O) groups excluding carboxylic acids is 3. The van der Waals surface area contributed by atoms with Gasteiger partial charge in [-0.25, -0.2) is 9.59 Å². The second-order valence-corrected chi connectivity index (χ2v) is 8.32. The van der Waals surface area contributed by atoms with Crippen LogP contribution in [0.15, 0.2) is 78.9 Å². The second-order valence-electron chi connectivity index (χ2n) is 8.32. The molecule has 1 spiro atoms. The molecule has 0 bridgehead atoms. The summed E-state index contributed by atoms with van der Waals surface area (Å²) >= 11 is 0. The van der Waals surface area contributed by atoms with Crippen LogP contribution in [0.5, 0.6) is 0 Å². The molecule has 0 saturated carbocycles. The standard InChI is InChI=1S/C27H23NO7/c1-17-13-15-18(16-14-17)22-34-26(27(35-22,24(30)32-2)25(31)33-3)20-11-7-8-12-21(20)28(23(26)29)19-9-5-4-6-10-19/h4-16,22H,1-3H3. The Labute approximate surface area is 202 Å². The van der Waals surface area contributed by atoms with Gasteiger partial charge >= 0.3 is 17.5 Å². The Bertz CT molecular complexity index is 1290.